The third-order valence-corrected chi connectivity index (χ3v) is 2.86. The van der Waals surface area contributed by atoms with Gasteiger partial charge >= 0.3 is 5.97 Å². The summed E-state index contributed by atoms with van der Waals surface area (Å²) in [5.41, 5.74) is 8.82. The first-order valence-electron chi connectivity index (χ1n) is 6.76. The van der Waals surface area contributed by atoms with Gasteiger partial charge in [-0.25, -0.2) is 4.79 Å². The van der Waals surface area contributed by atoms with E-state index in [1.54, 1.807) is 13.0 Å². The summed E-state index contributed by atoms with van der Waals surface area (Å²) in [6.45, 7) is 2.11. The lowest BCUT2D eigenvalue weighted by Gasteiger charge is -2.13. The van der Waals surface area contributed by atoms with Crippen LogP contribution in [0.15, 0.2) is 60.7 Å². The molecule has 0 aliphatic rings. The maximum Gasteiger partial charge on any atom is 0.332 e. The molecule has 0 bridgehead atoms. The van der Waals surface area contributed by atoms with Crippen molar-refractivity contribution in [1.82, 2.24) is 0 Å². The molecular formula is C17H18N2O2. The van der Waals surface area contributed by atoms with Crippen LogP contribution in [0.2, 0.25) is 0 Å². The number of carbonyl (C=O) groups excluding carboxylic acids is 1. The molecule has 0 fully saturated rings. The number of nitrogens with one attached hydrogen (secondary N) is 1. The van der Waals surface area contributed by atoms with Crippen LogP contribution >= 0.6 is 0 Å². The van der Waals surface area contributed by atoms with Crippen LogP contribution in [0.4, 0.5) is 11.4 Å². The zero-order valence-corrected chi connectivity index (χ0v) is 11.9. The fraction of sp³-hybridized carbons (Fsp3) is 0.118. The van der Waals surface area contributed by atoms with E-state index in [1.165, 1.54) is 6.08 Å². The van der Waals surface area contributed by atoms with Crippen molar-refractivity contribution < 1.29 is 9.53 Å². The second-order valence-electron chi connectivity index (χ2n) is 4.39. The van der Waals surface area contributed by atoms with Crippen LogP contribution in [-0.2, 0) is 9.53 Å². The molecule has 0 heterocycles. The second-order valence-corrected chi connectivity index (χ2v) is 4.39. The summed E-state index contributed by atoms with van der Waals surface area (Å²) in [5.74, 6) is -0.390. The predicted octanol–water partition coefficient (Wildman–Crippen LogP) is 3.28. The maximum atomic E-state index is 11.7. The third kappa shape index (κ3) is 4.11. The third-order valence-electron chi connectivity index (χ3n) is 2.86. The number of esters is 1. The number of hydrogen-bond acceptors (Lipinski definition) is 4. The van der Waals surface area contributed by atoms with E-state index >= 15 is 0 Å². The number of carbonyl (C=O) groups is 1. The van der Waals surface area contributed by atoms with Gasteiger partial charge in [-0.05, 0) is 24.6 Å². The van der Waals surface area contributed by atoms with Gasteiger partial charge in [0.2, 0.25) is 0 Å². The van der Waals surface area contributed by atoms with E-state index in [0.717, 1.165) is 11.3 Å². The Hall–Kier alpha value is -2.75. The summed E-state index contributed by atoms with van der Waals surface area (Å²) in [6.07, 6.45) is 1.44. The van der Waals surface area contributed by atoms with Gasteiger partial charge in [-0.15, -0.1) is 0 Å². The molecule has 0 saturated heterocycles. The highest BCUT2D eigenvalue weighted by atomic mass is 16.5. The van der Waals surface area contributed by atoms with E-state index in [-0.39, 0.29) is 0 Å². The standard InChI is InChI=1S/C17H18N2O2/c1-2-21-17(20)12-16(13-8-4-3-5-9-13)19-15-11-7-6-10-14(15)18/h3-12,19H,2,18H2,1H3/b16-12-. The molecule has 0 atom stereocenters. The van der Waals surface area contributed by atoms with Crippen LogP contribution in [0.25, 0.3) is 5.70 Å². The number of para-hydroxylation sites is 2. The lowest BCUT2D eigenvalue weighted by molar-refractivity contribution is -0.137. The maximum absolute atomic E-state index is 11.7. The van der Waals surface area contributed by atoms with Gasteiger partial charge in [0, 0.05) is 6.08 Å². The van der Waals surface area contributed by atoms with Crippen LogP contribution < -0.4 is 11.1 Å². The molecular weight excluding hydrogens is 264 g/mol. The lowest BCUT2D eigenvalue weighted by Crippen LogP contribution is -2.07. The summed E-state index contributed by atoms with van der Waals surface area (Å²) in [5, 5.41) is 3.19. The molecule has 3 N–H and O–H groups in total. The quantitative estimate of drug-likeness (QED) is 0.502. The highest BCUT2D eigenvalue weighted by molar-refractivity contribution is 5.95. The Morgan fingerprint density at radius 2 is 1.81 bits per heavy atom. The van der Waals surface area contributed by atoms with Gasteiger partial charge < -0.3 is 15.8 Å². The van der Waals surface area contributed by atoms with E-state index in [1.807, 2.05) is 48.5 Å². The number of hydrogen-bond donors (Lipinski definition) is 2. The van der Waals surface area contributed by atoms with E-state index in [9.17, 15) is 4.79 Å². The molecule has 2 rings (SSSR count). The topological polar surface area (TPSA) is 64.3 Å². The highest BCUT2D eigenvalue weighted by Crippen LogP contribution is 2.23. The molecule has 0 unspecified atom stereocenters. The summed E-state index contributed by atoms with van der Waals surface area (Å²) in [6, 6.07) is 17.0. The SMILES string of the molecule is CCOC(=O)/C=C(\Nc1ccccc1N)c1ccccc1. The van der Waals surface area contributed by atoms with Crippen molar-refractivity contribution in [3.05, 3.63) is 66.2 Å². The number of rotatable bonds is 5. The molecule has 4 heteroatoms. The van der Waals surface area contributed by atoms with Gasteiger partial charge in [-0.3, -0.25) is 0 Å². The molecule has 0 saturated carbocycles. The monoisotopic (exact) mass is 282 g/mol. The normalized spacial score (nSPS) is 11.0. The van der Waals surface area contributed by atoms with Crippen molar-refractivity contribution >= 4 is 23.0 Å². The largest absolute Gasteiger partial charge is 0.463 e. The molecule has 0 radical (unpaired) electrons. The van der Waals surface area contributed by atoms with E-state index in [2.05, 4.69) is 5.32 Å². The molecule has 4 nitrogen and oxygen atoms in total. The molecule has 2 aromatic rings. The lowest BCUT2D eigenvalue weighted by atomic mass is 10.1. The Morgan fingerprint density at radius 3 is 2.48 bits per heavy atom. The zero-order valence-electron chi connectivity index (χ0n) is 11.9. The molecule has 2 aromatic carbocycles. The molecule has 0 aliphatic carbocycles. The first-order chi connectivity index (χ1) is 10.2. The number of nitrogen functional groups attached to an aromatic ring is 1. The van der Waals surface area contributed by atoms with Gasteiger partial charge in [-0.2, -0.15) is 0 Å². The van der Waals surface area contributed by atoms with Gasteiger partial charge in [0.15, 0.2) is 0 Å². The molecule has 21 heavy (non-hydrogen) atoms. The predicted molar refractivity (Wildman–Crippen MR) is 85.5 cm³/mol. The minimum absolute atomic E-state index is 0.338. The first kappa shape index (κ1) is 14.7. The van der Waals surface area contributed by atoms with Crippen molar-refractivity contribution in [3.63, 3.8) is 0 Å². The van der Waals surface area contributed by atoms with Gasteiger partial charge in [0.1, 0.15) is 0 Å². The molecule has 0 aromatic heterocycles. The minimum Gasteiger partial charge on any atom is -0.463 e. The van der Waals surface area contributed by atoms with Crippen LogP contribution in [0.1, 0.15) is 12.5 Å². The van der Waals surface area contributed by atoms with Crippen LogP contribution in [-0.4, -0.2) is 12.6 Å². The summed E-state index contributed by atoms with van der Waals surface area (Å²) < 4.78 is 4.98. The Labute approximate surface area is 124 Å². The Kier molecular flexibility index (Phi) is 4.99. The zero-order chi connectivity index (χ0) is 15.1. The summed E-state index contributed by atoms with van der Waals surface area (Å²) >= 11 is 0. The van der Waals surface area contributed by atoms with Gasteiger partial charge in [0.25, 0.3) is 0 Å². The fourth-order valence-corrected chi connectivity index (χ4v) is 1.87. The van der Waals surface area contributed by atoms with Gasteiger partial charge in [0.05, 0.1) is 23.7 Å². The van der Waals surface area contributed by atoms with Crippen molar-refractivity contribution in [2.24, 2.45) is 0 Å². The fourth-order valence-electron chi connectivity index (χ4n) is 1.87. The molecule has 108 valence electrons. The minimum atomic E-state index is -0.390. The van der Waals surface area contributed by atoms with Crippen molar-refractivity contribution in [1.29, 1.82) is 0 Å². The van der Waals surface area contributed by atoms with Crippen molar-refractivity contribution in [2.45, 2.75) is 6.92 Å². The molecule has 0 aliphatic heterocycles. The highest BCUT2D eigenvalue weighted by Gasteiger charge is 2.07. The number of benzene rings is 2. The van der Waals surface area contributed by atoms with E-state index < -0.39 is 5.97 Å². The number of ether oxygens (including phenoxy) is 1. The number of anilines is 2. The Morgan fingerprint density at radius 1 is 1.14 bits per heavy atom. The average Bonchev–Trinajstić information content (AvgIpc) is 2.50. The van der Waals surface area contributed by atoms with Crippen molar-refractivity contribution in [3.8, 4) is 0 Å². The summed E-state index contributed by atoms with van der Waals surface area (Å²) in [4.78, 5) is 11.7. The second kappa shape index (κ2) is 7.14. The average molecular weight is 282 g/mol. The van der Waals surface area contributed by atoms with Crippen molar-refractivity contribution in [2.75, 3.05) is 17.7 Å². The Bertz CT molecular complexity index is 636. The van der Waals surface area contributed by atoms with E-state index in [0.29, 0.717) is 18.0 Å². The van der Waals surface area contributed by atoms with Crippen LogP contribution in [0.5, 0.6) is 0 Å². The molecule has 0 spiro atoms. The number of nitrogens with two attached hydrogens (primary N) is 1. The smallest absolute Gasteiger partial charge is 0.332 e. The summed E-state index contributed by atoms with van der Waals surface area (Å²) in [7, 11) is 0. The van der Waals surface area contributed by atoms with E-state index in [4.69, 9.17) is 10.5 Å². The molecule has 0 amide bonds. The van der Waals surface area contributed by atoms with Crippen LogP contribution in [0, 0.1) is 0 Å². The first-order valence-corrected chi connectivity index (χ1v) is 6.76. The van der Waals surface area contributed by atoms with Crippen LogP contribution in [0.3, 0.4) is 0 Å². The van der Waals surface area contributed by atoms with Gasteiger partial charge in [-0.1, -0.05) is 42.5 Å². The Balaban J connectivity index is 2.33.